The fraction of sp³-hybridized carbons (Fsp3) is 0.444. The summed E-state index contributed by atoms with van der Waals surface area (Å²) in [6, 6.07) is 5.75. The van der Waals surface area contributed by atoms with Gasteiger partial charge in [0.15, 0.2) is 11.5 Å². The van der Waals surface area contributed by atoms with Crippen LogP contribution in [-0.4, -0.2) is 49.3 Å². The number of nitrogens with one attached hydrogen (secondary N) is 1. The molecule has 0 saturated carbocycles. The number of piperidine rings is 1. The zero-order valence-electron chi connectivity index (χ0n) is 14.2. The van der Waals surface area contributed by atoms with Crippen LogP contribution in [0.5, 0.6) is 11.5 Å². The molecule has 2 aromatic rings. The minimum atomic E-state index is 0.0335. The maximum Gasteiger partial charge on any atom is 0.273 e. The maximum atomic E-state index is 12.7. The summed E-state index contributed by atoms with van der Waals surface area (Å²) in [5, 5.41) is 5.89. The molecular formula is C18H21N3O3S. The summed E-state index contributed by atoms with van der Waals surface area (Å²) in [6.45, 7) is 2.89. The topological polar surface area (TPSA) is 63.7 Å². The Morgan fingerprint density at radius 3 is 2.92 bits per heavy atom. The molecule has 1 aromatic heterocycles. The van der Waals surface area contributed by atoms with E-state index in [0.29, 0.717) is 11.6 Å². The Bertz CT molecular complexity index is 769. The zero-order chi connectivity index (χ0) is 17.2. The fourth-order valence-corrected chi connectivity index (χ4v) is 4.12. The summed E-state index contributed by atoms with van der Waals surface area (Å²) in [4.78, 5) is 19.2. The van der Waals surface area contributed by atoms with E-state index in [1.54, 1.807) is 0 Å². The minimum absolute atomic E-state index is 0.0335. The van der Waals surface area contributed by atoms with Gasteiger partial charge in [-0.1, -0.05) is 0 Å². The van der Waals surface area contributed by atoms with Crippen LogP contribution in [0.1, 0.15) is 23.3 Å². The number of hydrogen-bond donors (Lipinski definition) is 1. The van der Waals surface area contributed by atoms with E-state index in [2.05, 4.69) is 10.3 Å². The van der Waals surface area contributed by atoms with E-state index >= 15 is 0 Å². The molecule has 7 heteroatoms. The Morgan fingerprint density at radius 1 is 1.32 bits per heavy atom. The predicted octanol–water partition coefficient (Wildman–Crippen LogP) is 2.61. The molecule has 1 aromatic carbocycles. The molecule has 0 aliphatic carbocycles. The van der Waals surface area contributed by atoms with Gasteiger partial charge in [0.1, 0.15) is 10.7 Å². The van der Waals surface area contributed by atoms with Crippen molar-refractivity contribution >= 4 is 17.2 Å². The van der Waals surface area contributed by atoms with Crippen molar-refractivity contribution in [3.05, 3.63) is 29.3 Å². The molecule has 0 spiro atoms. The van der Waals surface area contributed by atoms with Gasteiger partial charge in [-0.15, -0.1) is 11.3 Å². The molecule has 2 aliphatic heterocycles. The van der Waals surface area contributed by atoms with E-state index in [1.165, 1.54) is 11.3 Å². The molecule has 3 heterocycles. The van der Waals surface area contributed by atoms with Gasteiger partial charge in [-0.25, -0.2) is 4.98 Å². The predicted molar refractivity (Wildman–Crippen MR) is 96.2 cm³/mol. The number of likely N-dealkylation sites (tertiary alicyclic amines) is 1. The summed E-state index contributed by atoms with van der Waals surface area (Å²) in [6.07, 6.45) is 2.09. The molecule has 0 radical (unpaired) electrons. The Kier molecular flexibility index (Phi) is 4.59. The molecule has 1 saturated heterocycles. The number of ether oxygens (including phenoxy) is 2. The van der Waals surface area contributed by atoms with Gasteiger partial charge in [0.25, 0.3) is 5.91 Å². The van der Waals surface area contributed by atoms with Gasteiger partial charge >= 0.3 is 0 Å². The van der Waals surface area contributed by atoms with Crippen LogP contribution in [0.15, 0.2) is 23.6 Å². The third-order valence-corrected chi connectivity index (χ3v) is 5.63. The van der Waals surface area contributed by atoms with E-state index in [9.17, 15) is 4.79 Å². The number of benzene rings is 1. The second-order valence-corrected chi connectivity index (χ2v) is 7.26. The lowest BCUT2D eigenvalue weighted by atomic mass is 9.97. The number of amides is 1. The van der Waals surface area contributed by atoms with Crippen LogP contribution in [-0.2, 0) is 0 Å². The Morgan fingerprint density at radius 2 is 2.12 bits per heavy atom. The van der Waals surface area contributed by atoms with Crippen molar-refractivity contribution in [1.82, 2.24) is 15.2 Å². The van der Waals surface area contributed by atoms with Crippen molar-refractivity contribution < 1.29 is 14.3 Å². The van der Waals surface area contributed by atoms with Crippen LogP contribution in [0.4, 0.5) is 0 Å². The second kappa shape index (κ2) is 7.01. The van der Waals surface area contributed by atoms with Gasteiger partial charge in [0, 0.05) is 24.0 Å². The smallest absolute Gasteiger partial charge is 0.273 e. The van der Waals surface area contributed by atoms with Crippen molar-refractivity contribution in [1.29, 1.82) is 0 Å². The number of rotatable bonds is 4. The maximum absolute atomic E-state index is 12.7. The molecular weight excluding hydrogens is 338 g/mol. The third-order valence-electron chi connectivity index (χ3n) is 4.74. The number of hydrogen-bond acceptors (Lipinski definition) is 6. The van der Waals surface area contributed by atoms with E-state index < -0.39 is 0 Å². The van der Waals surface area contributed by atoms with E-state index in [4.69, 9.17) is 9.47 Å². The first-order valence-electron chi connectivity index (χ1n) is 8.54. The summed E-state index contributed by atoms with van der Waals surface area (Å²) < 4.78 is 10.7. The molecule has 0 atom stereocenters. The lowest BCUT2D eigenvalue weighted by Crippen LogP contribution is -2.40. The van der Waals surface area contributed by atoms with Crippen LogP contribution in [0.2, 0.25) is 0 Å². The molecule has 0 unspecified atom stereocenters. The normalized spacial score (nSPS) is 17.1. The third kappa shape index (κ3) is 3.34. The van der Waals surface area contributed by atoms with Gasteiger partial charge in [0.05, 0.1) is 0 Å². The highest BCUT2D eigenvalue weighted by molar-refractivity contribution is 7.13. The quantitative estimate of drug-likeness (QED) is 0.909. The highest BCUT2D eigenvalue weighted by Crippen LogP contribution is 2.36. The van der Waals surface area contributed by atoms with Gasteiger partial charge in [-0.2, -0.15) is 0 Å². The highest BCUT2D eigenvalue weighted by Gasteiger charge is 2.25. The lowest BCUT2D eigenvalue weighted by molar-refractivity contribution is 0.0686. The minimum Gasteiger partial charge on any atom is -0.454 e. The first kappa shape index (κ1) is 16.4. The molecule has 1 amide bonds. The van der Waals surface area contributed by atoms with Gasteiger partial charge < -0.3 is 19.7 Å². The molecule has 25 heavy (non-hydrogen) atoms. The van der Waals surface area contributed by atoms with E-state index in [-0.39, 0.29) is 12.7 Å². The monoisotopic (exact) mass is 359 g/mol. The van der Waals surface area contributed by atoms with Crippen LogP contribution >= 0.6 is 11.3 Å². The van der Waals surface area contributed by atoms with Crippen molar-refractivity contribution in [3.63, 3.8) is 0 Å². The van der Waals surface area contributed by atoms with Gasteiger partial charge in [0.2, 0.25) is 6.79 Å². The standard InChI is InChI=1S/C18H21N3O3S/c1-19-9-12-4-6-21(7-5-12)18(22)14-10-25-17(20-14)13-2-3-15-16(8-13)24-11-23-15/h2-3,8,10,12,19H,4-7,9,11H2,1H3. The SMILES string of the molecule is CNCC1CCN(C(=O)c2csc(-c3ccc4c(c3)OCO4)n2)CC1. The molecule has 132 valence electrons. The van der Waals surface area contributed by atoms with Crippen molar-refractivity contribution in [2.24, 2.45) is 5.92 Å². The molecule has 4 rings (SSSR count). The first-order valence-corrected chi connectivity index (χ1v) is 9.42. The summed E-state index contributed by atoms with van der Waals surface area (Å²) >= 11 is 1.48. The van der Waals surface area contributed by atoms with Crippen LogP contribution in [0.3, 0.4) is 0 Å². The average molecular weight is 359 g/mol. The van der Waals surface area contributed by atoms with Crippen LogP contribution in [0.25, 0.3) is 10.6 Å². The second-order valence-electron chi connectivity index (χ2n) is 6.40. The number of thiazole rings is 1. The van der Waals surface area contributed by atoms with Crippen molar-refractivity contribution in [2.75, 3.05) is 33.5 Å². The van der Waals surface area contributed by atoms with Crippen molar-refractivity contribution in [3.8, 4) is 22.1 Å². The Labute approximate surface area is 150 Å². The first-order chi connectivity index (χ1) is 12.2. The summed E-state index contributed by atoms with van der Waals surface area (Å²) in [5.74, 6) is 2.17. The lowest BCUT2D eigenvalue weighted by Gasteiger charge is -2.31. The van der Waals surface area contributed by atoms with Gasteiger partial charge in [-0.3, -0.25) is 4.79 Å². The van der Waals surface area contributed by atoms with Gasteiger partial charge in [-0.05, 0) is 50.6 Å². The Hall–Kier alpha value is -2.12. The molecule has 2 aliphatic rings. The molecule has 1 N–H and O–H groups in total. The van der Waals surface area contributed by atoms with Crippen LogP contribution in [0, 0.1) is 5.92 Å². The number of nitrogens with zero attached hydrogens (tertiary/aromatic N) is 2. The fourth-order valence-electron chi connectivity index (χ4n) is 3.32. The number of fused-ring (bicyclic) bond motifs is 1. The zero-order valence-corrected chi connectivity index (χ0v) is 15.0. The Balaban J connectivity index is 1.45. The van der Waals surface area contributed by atoms with Crippen LogP contribution < -0.4 is 14.8 Å². The molecule has 1 fully saturated rings. The summed E-state index contributed by atoms with van der Waals surface area (Å²) in [5.41, 5.74) is 1.48. The van der Waals surface area contributed by atoms with E-state index in [0.717, 1.165) is 54.5 Å². The van der Waals surface area contributed by atoms with Crippen molar-refractivity contribution in [2.45, 2.75) is 12.8 Å². The highest BCUT2D eigenvalue weighted by atomic mass is 32.1. The number of carbonyl (C=O) groups excluding carboxylic acids is 1. The number of aromatic nitrogens is 1. The molecule has 6 nitrogen and oxygen atoms in total. The largest absolute Gasteiger partial charge is 0.454 e. The summed E-state index contributed by atoms with van der Waals surface area (Å²) in [7, 11) is 1.98. The average Bonchev–Trinajstić information content (AvgIpc) is 3.31. The number of carbonyl (C=O) groups is 1. The molecule has 0 bridgehead atoms. The van der Waals surface area contributed by atoms with E-state index in [1.807, 2.05) is 35.5 Å².